The minimum atomic E-state index is 0.347. The van der Waals surface area contributed by atoms with E-state index < -0.39 is 0 Å². The summed E-state index contributed by atoms with van der Waals surface area (Å²) in [4.78, 5) is 0. The summed E-state index contributed by atoms with van der Waals surface area (Å²) in [7, 11) is 0. The van der Waals surface area contributed by atoms with Crippen molar-refractivity contribution in [3.63, 3.8) is 0 Å². The second kappa shape index (κ2) is 7.27. The van der Waals surface area contributed by atoms with Gasteiger partial charge in [0.2, 0.25) is 0 Å². The number of ether oxygens (including phenoxy) is 1. The average molecular weight is 312 g/mol. The van der Waals surface area contributed by atoms with Crippen LogP contribution >= 0.6 is 15.9 Å². The Morgan fingerprint density at radius 2 is 2.06 bits per heavy atom. The van der Waals surface area contributed by atoms with E-state index >= 15 is 0 Å². The largest absolute Gasteiger partial charge is 0.372 e. The van der Waals surface area contributed by atoms with Gasteiger partial charge in [-0.3, -0.25) is 0 Å². The fourth-order valence-corrected chi connectivity index (χ4v) is 2.21. The Labute approximate surface area is 118 Å². The van der Waals surface area contributed by atoms with Crippen LogP contribution in [0.15, 0.2) is 28.7 Å². The molecule has 0 heterocycles. The van der Waals surface area contributed by atoms with Gasteiger partial charge in [-0.15, -0.1) is 0 Å². The van der Waals surface area contributed by atoms with E-state index in [1.54, 1.807) is 0 Å². The lowest BCUT2D eigenvalue weighted by atomic mass is 10.2. The molecule has 0 saturated heterocycles. The van der Waals surface area contributed by atoms with Crippen molar-refractivity contribution in [3.8, 4) is 0 Å². The Morgan fingerprint density at radius 3 is 2.67 bits per heavy atom. The number of hydrogen-bond donors (Lipinski definition) is 1. The van der Waals surface area contributed by atoms with E-state index in [1.165, 1.54) is 24.8 Å². The van der Waals surface area contributed by atoms with E-state index in [0.717, 1.165) is 23.5 Å². The molecule has 2 nitrogen and oxygen atoms in total. The summed E-state index contributed by atoms with van der Waals surface area (Å²) in [5.41, 5.74) is 1.24. The van der Waals surface area contributed by atoms with Crippen LogP contribution in [0.2, 0.25) is 0 Å². The summed E-state index contributed by atoms with van der Waals surface area (Å²) >= 11 is 3.45. The maximum atomic E-state index is 6.01. The van der Waals surface area contributed by atoms with Gasteiger partial charge in [-0.1, -0.05) is 41.4 Å². The van der Waals surface area contributed by atoms with Gasteiger partial charge >= 0.3 is 0 Å². The molecule has 0 aliphatic heterocycles. The first-order chi connectivity index (χ1) is 8.78. The van der Waals surface area contributed by atoms with Crippen molar-refractivity contribution in [2.24, 2.45) is 0 Å². The van der Waals surface area contributed by atoms with Gasteiger partial charge in [-0.05, 0) is 37.0 Å². The van der Waals surface area contributed by atoms with Crippen LogP contribution < -0.4 is 5.32 Å². The van der Waals surface area contributed by atoms with Crippen LogP contribution in [-0.4, -0.2) is 18.7 Å². The molecule has 1 atom stereocenters. The molecule has 3 heteroatoms. The Balaban J connectivity index is 1.74. The SMILES string of the molecule is CCCC(CNC1CC1)OCc1ccc(Br)cc1. The van der Waals surface area contributed by atoms with Crippen LogP contribution in [-0.2, 0) is 11.3 Å². The average Bonchev–Trinajstić information content (AvgIpc) is 3.19. The van der Waals surface area contributed by atoms with Gasteiger partial charge in [0, 0.05) is 17.1 Å². The molecule has 18 heavy (non-hydrogen) atoms. The third kappa shape index (κ3) is 5.09. The van der Waals surface area contributed by atoms with Gasteiger partial charge in [0.1, 0.15) is 0 Å². The summed E-state index contributed by atoms with van der Waals surface area (Å²) in [5, 5.41) is 3.55. The standard InChI is InChI=1S/C15H22BrNO/c1-2-3-15(10-17-14-8-9-14)18-11-12-4-6-13(16)7-5-12/h4-7,14-15,17H,2-3,8-11H2,1H3. The van der Waals surface area contributed by atoms with Crippen molar-refractivity contribution in [2.75, 3.05) is 6.54 Å². The van der Waals surface area contributed by atoms with Crippen molar-refractivity contribution in [1.29, 1.82) is 0 Å². The molecular formula is C15H22BrNO. The molecule has 1 fully saturated rings. The molecule has 2 rings (SSSR count). The molecule has 0 radical (unpaired) electrons. The molecule has 0 bridgehead atoms. The monoisotopic (exact) mass is 311 g/mol. The molecule has 1 aromatic rings. The highest BCUT2D eigenvalue weighted by atomic mass is 79.9. The molecule has 0 aromatic heterocycles. The number of halogens is 1. The maximum Gasteiger partial charge on any atom is 0.0721 e. The molecule has 0 amide bonds. The number of nitrogens with one attached hydrogen (secondary N) is 1. The van der Waals surface area contributed by atoms with E-state index in [4.69, 9.17) is 4.74 Å². The van der Waals surface area contributed by atoms with Crippen molar-refractivity contribution >= 4 is 15.9 Å². The van der Waals surface area contributed by atoms with Gasteiger partial charge in [0.05, 0.1) is 12.7 Å². The Morgan fingerprint density at radius 1 is 1.33 bits per heavy atom. The van der Waals surface area contributed by atoms with Crippen LogP contribution in [0.25, 0.3) is 0 Å². The van der Waals surface area contributed by atoms with Crippen LogP contribution in [0.4, 0.5) is 0 Å². The van der Waals surface area contributed by atoms with Gasteiger partial charge in [-0.25, -0.2) is 0 Å². The summed E-state index contributed by atoms with van der Waals surface area (Å²) in [5.74, 6) is 0. The highest BCUT2D eigenvalue weighted by molar-refractivity contribution is 9.10. The first kappa shape index (κ1) is 14.0. The molecule has 0 spiro atoms. The van der Waals surface area contributed by atoms with Gasteiger partial charge in [-0.2, -0.15) is 0 Å². The van der Waals surface area contributed by atoms with E-state index in [2.05, 4.69) is 52.4 Å². The van der Waals surface area contributed by atoms with Crippen molar-refractivity contribution < 1.29 is 4.74 Å². The first-order valence-electron chi connectivity index (χ1n) is 6.87. The summed E-state index contributed by atoms with van der Waals surface area (Å²) in [6.45, 7) is 3.92. The van der Waals surface area contributed by atoms with Gasteiger partial charge in [0.15, 0.2) is 0 Å². The first-order valence-corrected chi connectivity index (χ1v) is 7.66. The summed E-state index contributed by atoms with van der Waals surface area (Å²) < 4.78 is 7.13. The lowest BCUT2D eigenvalue weighted by molar-refractivity contribution is 0.0346. The summed E-state index contributed by atoms with van der Waals surface area (Å²) in [6, 6.07) is 9.12. The molecule has 1 N–H and O–H groups in total. The number of benzene rings is 1. The minimum absolute atomic E-state index is 0.347. The normalized spacial score (nSPS) is 16.8. The van der Waals surface area contributed by atoms with Crippen LogP contribution in [0.1, 0.15) is 38.2 Å². The van der Waals surface area contributed by atoms with Crippen molar-refractivity contribution in [3.05, 3.63) is 34.3 Å². The lowest BCUT2D eigenvalue weighted by Crippen LogP contribution is -2.30. The van der Waals surface area contributed by atoms with Gasteiger partial charge < -0.3 is 10.1 Å². The Hall–Kier alpha value is -0.380. The van der Waals surface area contributed by atoms with Crippen LogP contribution in [0.3, 0.4) is 0 Å². The fourth-order valence-electron chi connectivity index (χ4n) is 1.95. The molecule has 1 unspecified atom stereocenters. The van der Waals surface area contributed by atoms with Crippen LogP contribution in [0, 0.1) is 0 Å². The maximum absolute atomic E-state index is 6.01. The predicted molar refractivity (Wildman–Crippen MR) is 78.7 cm³/mol. The summed E-state index contributed by atoms with van der Waals surface area (Å²) in [6.07, 6.45) is 5.34. The molecule has 1 aliphatic carbocycles. The topological polar surface area (TPSA) is 21.3 Å². The molecule has 1 aliphatic rings. The highest BCUT2D eigenvalue weighted by Gasteiger charge is 2.21. The van der Waals surface area contributed by atoms with Gasteiger partial charge in [0.25, 0.3) is 0 Å². The van der Waals surface area contributed by atoms with E-state index in [-0.39, 0.29) is 0 Å². The van der Waals surface area contributed by atoms with Crippen molar-refractivity contribution in [1.82, 2.24) is 5.32 Å². The molecule has 1 saturated carbocycles. The lowest BCUT2D eigenvalue weighted by Gasteiger charge is -2.18. The zero-order chi connectivity index (χ0) is 12.8. The van der Waals surface area contributed by atoms with Crippen LogP contribution in [0.5, 0.6) is 0 Å². The highest BCUT2D eigenvalue weighted by Crippen LogP contribution is 2.19. The Kier molecular flexibility index (Phi) is 5.67. The van der Waals surface area contributed by atoms with E-state index in [1.807, 2.05) is 0 Å². The van der Waals surface area contributed by atoms with Crippen molar-refractivity contribution in [2.45, 2.75) is 51.4 Å². The number of rotatable bonds is 8. The quantitative estimate of drug-likeness (QED) is 0.786. The zero-order valence-electron chi connectivity index (χ0n) is 11.0. The molecular weight excluding hydrogens is 290 g/mol. The second-order valence-electron chi connectivity index (χ2n) is 5.03. The fraction of sp³-hybridized carbons (Fsp3) is 0.600. The smallest absolute Gasteiger partial charge is 0.0721 e. The third-order valence-corrected chi connectivity index (χ3v) is 3.75. The third-order valence-electron chi connectivity index (χ3n) is 3.22. The Bertz CT molecular complexity index is 348. The molecule has 1 aromatic carbocycles. The number of hydrogen-bond acceptors (Lipinski definition) is 2. The van der Waals surface area contributed by atoms with E-state index in [0.29, 0.717) is 12.7 Å². The second-order valence-corrected chi connectivity index (χ2v) is 5.95. The van der Waals surface area contributed by atoms with E-state index in [9.17, 15) is 0 Å². The predicted octanol–water partition coefficient (Wildman–Crippen LogP) is 3.89. The zero-order valence-corrected chi connectivity index (χ0v) is 12.6. The minimum Gasteiger partial charge on any atom is -0.372 e. The molecule has 100 valence electrons.